The lowest BCUT2D eigenvalue weighted by Crippen LogP contribution is -2.20. The monoisotopic (exact) mass is 438 g/mol. The average Bonchev–Trinajstić information content (AvgIpc) is 2.65. The van der Waals surface area contributed by atoms with E-state index in [9.17, 15) is 13.6 Å². The van der Waals surface area contributed by atoms with E-state index in [0.717, 1.165) is 0 Å². The number of aromatic nitrogens is 3. The van der Waals surface area contributed by atoms with Crippen LogP contribution in [0.3, 0.4) is 0 Å². The summed E-state index contributed by atoms with van der Waals surface area (Å²) >= 11 is 3.23. The molecule has 3 aromatic rings. The van der Waals surface area contributed by atoms with Gasteiger partial charge < -0.3 is 10.4 Å². The second-order valence-corrected chi connectivity index (χ2v) is 6.98. The lowest BCUT2D eigenvalue weighted by Gasteiger charge is -2.15. The minimum absolute atomic E-state index is 0.217. The largest absolute Gasteiger partial charge is 0.390 e. The molecule has 0 amide bonds. The fraction of sp³-hybridized carbons (Fsp3) is 0.278. The highest BCUT2D eigenvalue weighted by Crippen LogP contribution is 2.28. The van der Waals surface area contributed by atoms with Crippen molar-refractivity contribution in [2.75, 3.05) is 11.9 Å². The summed E-state index contributed by atoms with van der Waals surface area (Å²) in [6, 6.07) is 7.46. The van der Waals surface area contributed by atoms with Crippen LogP contribution in [0.1, 0.15) is 17.0 Å². The molecular formula is C18H17BrF2N4O2. The molecule has 9 heteroatoms. The van der Waals surface area contributed by atoms with Gasteiger partial charge in [0.25, 0.3) is 11.5 Å². The molecule has 2 aromatic heterocycles. The van der Waals surface area contributed by atoms with Crippen LogP contribution in [0.2, 0.25) is 0 Å². The molecule has 3 rings (SSSR count). The van der Waals surface area contributed by atoms with E-state index in [1.807, 2.05) is 0 Å². The molecule has 0 aliphatic rings. The second-order valence-electron chi connectivity index (χ2n) is 6.13. The van der Waals surface area contributed by atoms with Gasteiger partial charge in [-0.25, -0.2) is 9.97 Å². The van der Waals surface area contributed by atoms with E-state index in [1.54, 1.807) is 26.1 Å². The number of nitrogens with zero attached hydrogens (tertiary/aromatic N) is 3. The maximum absolute atomic E-state index is 13.7. The van der Waals surface area contributed by atoms with E-state index in [0.29, 0.717) is 32.7 Å². The molecule has 6 nitrogen and oxygen atoms in total. The van der Waals surface area contributed by atoms with E-state index in [1.165, 1.54) is 22.8 Å². The predicted molar refractivity (Wildman–Crippen MR) is 102 cm³/mol. The van der Waals surface area contributed by atoms with Crippen LogP contribution >= 0.6 is 15.9 Å². The lowest BCUT2D eigenvalue weighted by atomic mass is 10.1. The number of aryl methyl sites for hydroxylation is 2. The van der Waals surface area contributed by atoms with Gasteiger partial charge in [-0.05, 0) is 40.5 Å². The van der Waals surface area contributed by atoms with Crippen molar-refractivity contribution in [1.29, 1.82) is 0 Å². The van der Waals surface area contributed by atoms with Gasteiger partial charge in [-0.15, -0.1) is 0 Å². The molecule has 0 spiro atoms. The summed E-state index contributed by atoms with van der Waals surface area (Å²) in [5, 5.41) is 12.6. The smallest absolute Gasteiger partial charge is 0.295 e. The third-order valence-electron chi connectivity index (χ3n) is 4.14. The quantitative estimate of drug-likeness (QED) is 0.639. The fourth-order valence-electron chi connectivity index (χ4n) is 2.72. The van der Waals surface area contributed by atoms with Crippen LogP contribution in [0.15, 0.2) is 39.6 Å². The van der Waals surface area contributed by atoms with E-state index < -0.39 is 12.5 Å². The van der Waals surface area contributed by atoms with Crippen molar-refractivity contribution in [3.8, 4) is 0 Å². The Balaban J connectivity index is 1.97. The van der Waals surface area contributed by atoms with Crippen molar-refractivity contribution in [1.82, 2.24) is 14.5 Å². The maximum atomic E-state index is 13.7. The number of hydrogen-bond acceptors (Lipinski definition) is 5. The van der Waals surface area contributed by atoms with Gasteiger partial charge in [-0.2, -0.15) is 8.78 Å². The van der Waals surface area contributed by atoms with Crippen molar-refractivity contribution in [3.05, 3.63) is 62.1 Å². The van der Waals surface area contributed by atoms with E-state index in [2.05, 4.69) is 31.2 Å². The van der Waals surface area contributed by atoms with Gasteiger partial charge in [-0.1, -0.05) is 18.2 Å². The van der Waals surface area contributed by atoms with Gasteiger partial charge in [0, 0.05) is 19.2 Å². The molecule has 0 bridgehead atoms. The summed E-state index contributed by atoms with van der Waals surface area (Å²) in [7, 11) is 1.62. The maximum Gasteiger partial charge on any atom is 0.295 e. The Morgan fingerprint density at radius 2 is 2.04 bits per heavy atom. The summed E-state index contributed by atoms with van der Waals surface area (Å²) < 4.78 is 29.2. The molecule has 0 saturated carbocycles. The van der Waals surface area contributed by atoms with Gasteiger partial charge in [-0.3, -0.25) is 9.36 Å². The summed E-state index contributed by atoms with van der Waals surface area (Å²) in [6.45, 7) is 0.697. The molecule has 0 atom stereocenters. The Bertz CT molecular complexity index is 1070. The first-order chi connectivity index (χ1) is 12.7. The fourth-order valence-corrected chi connectivity index (χ4v) is 3.22. The van der Waals surface area contributed by atoms with Crippen molar-refractivity contribution >= 4 is 32.8 Å². The van der Waals surface area contributed by atoms with Gasteiger partial charge in [0.2, 0.25) is 0 Å². The second kappa shape index (κ2) is 7.32. The number of benzene rings is 1. The highest BCUT2D eigenvalue weighted by Gasteiger charge is 2.30. The molecule has 0 fully saturated rings. The normalized spacial score (nSPS) is 11.8. The van der Waals surface area contributed by atoms with Crippen molar-refractivity contribution in [2.24, 2.45) is 7.05 Å². The van der Waals surface area contributed by atoms with Crippen LogP contribution in [0.5, 0.6) is 0 Å². The van der Waals surface area contributed by atoms with Crippen LogP contribution in [0.25, 0.3) is 11.0 Å². The Labute approximate surface area is 162 Å². The zero-order chi connectivity index (χ0) is 19.8. The summed E-state index contributed by atoms with van der Waals surface area (Å²) in [5.41, 5.74) is 0.608. The Morgan fingerprint density at radius 3 is 2.74 bits per heavy atom. The zero-order valence-corrected chi connectivity index (χ0v) is 16.2. The van der Waals surface area contributed by atoms with Gasteiger partial charge >= 0.3 is 0 Å². The molecule has 142 valence electrons. The van der Waals surface area contributed by atoms with Gasteiger partial charge in [0.15, 0.2) is 0 Å². The zero-order valence-electron chi connectivity index (χ0n) is 14.6. The number of fused-ring (bicyclic) bond motifs is 1. The van der Waals surface area contributed by atoms with E-state index in [4.69, 9.17) is 5.11 Å². The molecule has 1 aromatic carbocycles. The first-order valence-electron chi connectivity index (χ1n) is 8.09. The molecule has 0 radical (unpaired) electrons. The minimum Gasteiger partial charge on any atom is -0.390 e. The SMILES string of the molecule is Cc1nc(NCc2cccc(C(F)(F)CO)c2)c2cc(Br)c(=O)n(C)c2n1. The first kappa shape index (κ1) is 19.4. The summed E-state index contributed by atoms with van der Waals surface area (Å²) in [5.74, 6) is -2.33. The van der Waals surface area contributed by atoms with Gasteiger partial charge in [0.05, 0.1) is 9.86 Å². The number of nitrogens with one attached hydrogen (secondary N) is 1. The van der Waals surface area contributed by atoms with E-state index >= 15 is 0 Å². The highest BCUT2D eigenvalue weighted by atomic mass is 79.9. The van der Waals surface area contributed by atoms with Crippen LogP contribution in [0.4, 0.5) is 14.6 Å². The molecule has 0 unspecified atom stereocenters. The summed E-state index contributed by atoms with van der Waals surface area (Å²) in [4.78, 5) is 20.8. The topological polar surface area (TPSA) is 80.0 Å². The number of aliphatic hydroxyl groups excluding tert-OH is 1. The van der Waals surface area contributed by atoms with Gasteiger partial charge in [0.1, 0.15) is 23.9 Å². The highest BCUT2D eigenvalue weighted by molar-refractivity contribution is 9.10. The summed E-state index contributed by atoms with van der Waals surface area (Å²) in [6.07, 6.45) is 0. The van der Waals surface area contributed by atoms with E-state index in [-0.39, 0.29) is 17.7 Å². The van der Waals surface area contributed by atoms with Crippen LogP contribution in [0, 0.1) is 6.92 Å². The number of aliphatic hydroxyl groups is 1. The Hall–Kier alpha value is -2.39. The number of halogens is 3. The van der Waals surface area contributed by atoms with Crippen molar-refractivity contribution in [2.45, 2.75) is 19.4 Å². The Morgan fingerprint density at radius 1 is 1.30 bits per heavy atom. The number of pyridine rings is 1. The minimum atomic E-state index is -3.29. The number of anilines is 1. The molecule has 0 aliphatic carbocycles. The third kappa shape index (κ3) is 3.84. The number of rotatable bonds is 5. The van der Waals surface area contributed by atoms with Crippen LogP contribution in [-0.4, -0.2) is 26.2 Å². The molecule has 0 saturated heterocycles. The first-order valence-corrected chi connectivity index (χ1v) is 8.88. The van der Waals surface area contributed by atoms with Crippen LogP contribution < -0.4 is 10.9 Å². The lowest BCUT2D eigenvalue weighted by molar-refractivity contribution is -0.0556. The number of hydrogen-bond donors (Lipinski definition) is 2. The number of alkyl halides is 2. The third-order valence-corrected chi connectivity index (χ3v) is 4.71. The molecule has 2 heterocycles. The molecular weight excluding hydrogens is 422 g/mol. The van der Waals surface area contributed by atoms with Crippen LogP contribution in [-0.2, 0) is 19.5 Å². The molecule has 2 N–H and O–H groups in total. The predicted octanol–water partition coefficient (Wildman–Crippen LogP) is 3.10. The molecule has 0 aliphatic heterocycles. The van der Waals surface area contributed by atoms with Crippen molar-refractivity contribution in [3.63, 3.8) is 0 Å². The van der Waals surface area contributed by atoms with Crippen molar-refractivity contribution < 1.29 is 13.9 Å². The standard InChI is InChI=1S/C18H17BrF2N4O2/c1-10-23-15(13-7-14(19)17(27)25(2)16(13)24-10)22-8-11-4-3-5-12(6-11)18(20,21)9-26/h3-7,26H,8-9H2,1-2H3,(H,22,23,24). The molecule has 27 heavy (non-hydrogen) atoms. The Kier molecular flexibility index (Phi) is 5.25. The average molecular weight is 439 g/mol.